The van der Waals surface area contributed by atoms with Gasteiger partial charge in [0.25, 0.3) is 0 Å². The average Bonchev–Trinajstić information content (AvgIpc) is 2.96. The highest BCUT2D eigenvalue weighted by molar-refractivity contribution is 5.35. The Morgan fingerprint density at radius 2 is 1.40 bits per heavy atom. The molecule has 0 N–H and O–H groups in total. The number of hydrogen-bond donors (Lipinski definition) is 0. The topological polar surface area (TPSA) is 27.7 Å². The van der Waals surface area contributed by atoms with Crippen molar-refractivity contribution < 1.29 is 44.9 Å². The maximum atomic E-state index is 15.0. The maximum absolute atomic E-state index is 15.0. The first-order valence-corrected chi connectivity index (χ1v) is 14.7. The van der Waals surface area contributed by atoms with E-state index in [0.29, 0.717) is 30.7 Å². The van der Waals surface area contributed by atoms with Crippen LogP contribution >= 0.6 is 0 Å². The predicted octanol–water partition coefficient (Wildman–Crippen LogP) is 10.8. The zero-order valence-electron chi connectivity index (χ0n) is 23.6. The van der Waals surface area contributed by atoms with E-state index in [1.807, 2.05) is 0 Å². The van der Waals surface area contributed by atoms with Crippen molar-refractivity contribution in [1.82, 2.24) is 0 Å². The maximum Gasteiger partial charge on any atom is 0.426 e. The van der Waals surface area contributed by atoms with Gasteiger partial charge in [-0.2, -0.15) is 26.3 Å². The fourth-order valence-corrected chi connectivity index (χ4v) is 6.28. The molecule has 0 amide bonds. The Morgan fingerprint density at radius 1 is 0.810 bits per heavy atom. The monoisotopic (exact) mass is 602 g/mol. The molecule has 232 valence electrons. The Kier molecular flexibility index (Phi) is 10.7. The van der Waals surface area contributed by atoms with Gasteiger partial charge in [-0.3, -0.25) is 0 Å². The van der Waals surface area contributed by atoms with Gasteiger partial charge in [0.15, 0.2) is 17.8 Å². The van der Waals surface area contributed by atoms with Gasteiger partial charge >= 0.3 is 18.3 Å². The van der Waals surface area contributed by atoms with Crippen molar-refractivity contribution in [3.05, 3.63) is 66.2 Å². The summed E-state index contributed by atoms with van der Waals surface area (Å²) in [6, 6.07) is 6.13. The molecule has 0 saturated heterocycles. The summed E-state index contributed by atoms with van der Waals surface area (Å²) in [5.74, 6) is -1.72. The van der Waals surface area contributed by atoms with E-state index in [9.17, 15) is 22.0 Å². The Hall–Kier alpha value is -2.91. The summed E-state index contributed by atoms with van der Waals surface area (Å²) in [4.78, 5) is 0. The second kappa shape index (κ2) is 14.0. The fraction of sp³-hybridized carbons (Fsp3) is 0.562. The largest absolute Gasteiger partial charge is 0.456 e. The molecule has 2 aromatic rings. The molecule has 2 aliphatic carbocycles. The van der Waals surface area contributed by atoms with Crippen LogP contribution in [0.1, 0.15) is 83.1 Å². The highest BCUT2D eigenvalue weighted by atomic mass is 19.3. The number of halogens is 7. The summed E-state index contributed by atoms with van der Waals surface area (Å²) in [6.45, 7) is 2.21. The molecule has 0 radical (unpaired) electrons. The fourth-order valence-electron chi connectivity index (χ4n) is 6.28. The molecule has 0 atom stereocenters. The van der Waals surface area contributed by atoms with Crippen molar-refractivity contribution in [1.29, 1.82) is 0 Å². The third-order valence-electron chi connectivity index (χ3n) is 8.64. The second-order valence-corrected chi connectivity index (χ2v) is 11.5. The van der Waals surface area contributed by atoms with Crippen LogP contribution in [-0.4, -0.2) is 6.11 Å². The van der Waals surface area contributed by atoms with Gasteiger partial charge in [0, 0.05) is 6.07 Å². The molecule has 0 bridgehead atoms. The van der Waals surface area contributed by atoms with Gasteiger partial charge in [-0.15, -0.1) is 0 Å². The molecule has 2 fully saturated rings. The van der Waals surface area contributed by atoms with Crippen molar-refractivity contribution in [2.24, 2.45) is 23.7 Å². The molecular weight excluding hydrogens is 565 g/mol. The normalized spacial score (nSPS) is 23.2. The molecule has 0 aliphatic heterocycles. The van der Waals surface area contributed by atoms with Crippen molar-refractivity contribution in [2.45, 2.75) is 89.8 Å². The zero-order chi connectivity index (χ0) is 30.3. The first-order valence-electron chi connectivity index (χ1n) is 14.7. The van der Waals surface area contributed by atoms with E-state index >= 15 is 8.78 Å². The molecule has 4 rings (SSSR count). The standard InChI is InChI=1S/C32H37F7O3/c1-2-3-4-21-5-7-22(8-6-21)23-9-11-24(12-10-23)31(36,37)41-26-15-13-25(14-16-26)32(38,39)42-27-17-18-29(28(33)19-27)40-20-30(34)35/h13-24H,2-12H2,1H3. The molecule has 2 aliphatic rings. The Balaban J connectivity index is 1.28. The second-order valence-electron chi connectivity index (χ2n) is 11.5. The van der Waals surface area contributed by atoms with Crippen LogP contribution in [0.4, 0.5) is 30.7 Å². The molecule has 3 nitrogen and oxygen atoms in total. The van der Waals surface area contributed by atoms with E-state index in [4.69, 9.17) is 4.74 Å². The summed E-state index contributed by atoms with van der Waals surface area (Å²) in [6.07, 6.45) is 1.25. The molecule has 10 heteroatoms. The quantitative estimate of drug-likeness (QED) is 0.179. The van der Waals surface area contributed by atoms with Crippen LogP contribution in [0.15, 0.2) is 54.8 Å². The molecule has 0 aromatic heterocycles. The Labute approximate surface area is 242 Å². The average molecular weight is 603 g/mol. The number of benzene rings is 2. The minimum absolute atomic E-state index is 0.00613. The van der Waals surface area contributed by atoms with E-state index in [0.717, 1.165) is 55.2 Å². The van der Waals surface area contributed by atoms with Crippen LogP contribution in [-0.2, 0) is 6.11 Å². The van der Waals surface area contributed by atoms with Crippen LogP contribution in [0.5, 0.6) is 17.2 Å². The lowest BCUT2D eigenvalue weighted by atomic mass is 9.68. The SMILES string of the molecule is CCCCC1CCC(C2CCC(C(F)(F)Oc3ccc(C(F)(F)Oc4ccc(OC=C(F)F)c(F)c4)cc3)CC2)CC1. The first kappa shape index (κ1) is 32.0. The van der Waals surface area contributed by atoms with Gasteiger partial charge in [0.05, 0.1) is 11.5 Å². The van der Waals surface area contributed by atoms with Gasteiger partial charge < -0.3 is 14.2 Å². The zero-order valence-corrected chi connectivity index (χ0v) is 23.6. The molecule has 0 heterocycles. The third kappa shape index (κ3) is 8.57. The third-order valence-corrected chi connectivity index (χ3v) is 8.64. The van der Waals surface area contributed by atoms with Gasteiger partial charge in [-0.05, 0) is 92.7 Å². The van der Waals surface area contributed by atoms with Crippen molar-refractivity contribution in [3.63, 3.8) is 0 Å². The van der Waals surface area contributed by atoms with Crippen molar-refractivity contribution in [3.8, 4) is 17.2 Å². The lowest BCUT2D eigenvalue weighted by Crippen LogP contribution is -2.38. The minimum Gasteiger partial charge on any atom is -0.456 e. The Bertz CT molecular complexity index is 1170. The van der Waals surface area contributed by atoms with Crippen molar-refractivity contribution >= 4 is 0 Å². The first-order chi connectivity index (χ1) is 20.0. The van der Waals surface area contributed by atoms with Crippen LogP contribution in [0, 0.1) is 29.5 Å². The highest BCUT2D eigenvalue weighted by Gasteiger charge is 2.45. The number of ether oxygens (including phenoxy) is 3. The van der Waals surface area contributed by atoms with Crippen LogP contribution in [0.3, 0.4) is 0 Å². The summed E-state index contributed by atoms with van der Waals surface area (Å²) >= 11 is 0. The van der Waals surface area contributed by atoms with Crippen LogP contribution in [0.25, 0.3) is 0 Å². The number of rotatable bonds is 12. The minimum atomic E-state index is -3.95. The van der Waals surface area contributed by atoms with Crippen molar-refractivity contribution in [2.75, 3.05) is 0 Å². The van der Waals surface area contributed by atoms with E-state index < -0.39 is 47.1 Å². The molecule has 0 unspecified atom stereocenters. The van der Waals surface area contributed by atoms with Gasteiger partial charge in [-0.1, -0.05) is 39.0 Å². The molecule has 42 heavy (non-hydrogen) atoms. The molecule has 2 aromatic carbocycles. The van der Waals surface area contributed by atoms with Gasteiger partial charge in [-0.25, -0.2) is 4.39 Å². The summed E-state index contributed by atoms with van der Waals surface area (Å²) < 4.78 is 112. The lowest BCUT2D eigenvalue weighted by Gasteiger charge is -2.39. The number of alkyl halides is 4. The molecule has 0 spiro atoms. The highest BCUT2D eigenvalue weighted by Crippen LogP contribution is 2.46. The summed E-state index contributed by atoms with van der Waals surface area (Å²) in [7, 11) is 0. The summed E-state index contributed by atoms with van der Waals surface area (Å²) in [5, 5.41) is 0. The van der Waals surface area contributed by atoms with E-state index in [1.165, 1.54) is 44.9 Å². The summed E-state index contributed by atoms with van der Waals surface area (Å²) in [5.41, 5.74) is -0.675. The van der Waals surface area contributed by atoms with Gasteiger partial charge in [0.2, 0.25) is 0 Å². The van der Waals surface area contributed by atoms with Crippen LogP contribution in [0.2, 0.25) is 0 Å². The van der Waals surface area contributed by atoms with E-state index in [2.05, 4.69) is 16.4 Å². The Morgan fingerprint density at radius 3 is 1.98 bits per heavy atom. The number of unbranched alkanes of at least 4 members (excludes halogenated alkanes) is 1. The van der Waals surface area contributed by atoms with Crippen LogP contribution < -0.4 is 14.2 Å². The van der Waals surface area contributed by atoms with Gasteiger partial charge in [0.1, 0.15) is 11.5 Å². The molecular formula is C32H37F7O3. The lowest BCUT2D eigenvalue weighted by molar-refractivity contribution is -0.224. The predicted molar refractivity (Wildman–Crippen MR) is 144 cm³/mol. The number of hydrogen-bond acceptors (Lipinski definition) is 3. The van der Waals surface area contributed by atoms with E-state index in [-0.39, 0.29) is 12.0 Å². The smallest absolute Gasteiger partial charge is 0.426 e. The van der Waals surface area contributed by atoms with E-state index in [1.54, 1.807) is 0 Å². The molecule has 2 saturated carbocycles.